The van der Waals surface area contributed by atoms with E-state index in [2.05, 4.69) is 5.32 Å². The van der Waals surface area contributed by atoms with Crippen LogP contribution in [0.3, 0.4) is 0 Å². The second kappa shape index (κ2) is 11.7. The van der Waals surface area contributed by atoms with Gasteiger partial charge in [0.15, 0.2) is 5.17 Å². The molecule has 0 fully saturated rings. The Hall–Kier alpha value is -4.24. The van der Waals surface area contributed by atoms with E-state index in [4.69, 9.17) is 18.9 Å². The zero-order valence-electron chi connectivity index (χ0n) is 21.9. The van der Waals surface area contributed by atoms with Crippen molar-refractivity contribution in [2.24, 2.45) is 4.99 Å². The lowest BCUT2D eigenvalue weighted by Crippen LogP contribution is -2.38. The van der Waals surface area contributed by atoms with Crippen molar-refractivity contribution in [3.8, 4) is 11.5 Å². The van der Waals surface area contributed by atoms with Gasteiger partial charge in [0.25, 0.3) is 0 Å². The second-order valence-electron chi connectivity index (χ2n) is 9.37. The van der Waals surface area contributed by atoms with Gasteiger partial charge in [0.2, 0.25) is 5.91 Å². The van der Waals surface area contributed by atoms with Crippen molar-refractivity contribution in [1.29, 1.82) is 0 Å². The summed E-state index contributed by atoms with van der Waals surface area (Å²) in [4.78, 5) is 33.0. The highest BCUT2D eigenvalue weighted by Gasteiger charge is 2.41. The van der Waals surface area contributed by atoms with E-state index in [9.17, 15) is 9.59 Å². The number of allylic oxidation sites excluding steroid dienone is 1. The number of fused-ring (bicyclic) bond motifs is 1. The molecule has 1 N–H and O–H groups in total. The molecule has 5 rings (SSSR count). The van der Waals surface area contributed by atoms with Gasteiger partial charge in [-0.3, -0.25) is 4.79 Å². The lowest BCUT2D eigenvalue weighted by molar-refractivity contribution is -0.143. The first kappa shape index (κ1) is 26.4. The highest BCUT2D eigenvalue weighted by atomic mass is 32.2. The van der Waals surface area contributed by atoms with Crippen LogP contribution in [0.15, 0.2) is 105 Å². The van der Waals surface area contributed by atoms with E-state index in [1.54, 1.807) is 18.4 Å². The molecule has 39 heavy (non-hydrogen) atoms. The Labute approximate surface area is 231 Å². The highest BCUT2D eigenvalue weighted by Crippen LogP contribution is 2.45. The van der Waals surface area contributed by atoms with Gasteiger partial charge in [-0.25, -0.2) is 9.79 Å². The molecule has 9 heteroatoms. The molecule has 0 radical (unpaired) electrons. The maximum Gasteiger partial charge on any atom is 0.338 e. The fourth-order valence-corrected chi connectivity index (χ4v) is 5.39. The average molecular weight is 544 g/mol. The minimum atomic E-state index is -0.554. The predicted molar refractivity (Wildman–Crippen MR) is 150 cm³/mol. The van der Waals surface area contributed by atoms with Crippen molar-refractivity contribution in [2.45, 2.75) is 45.9 Å². The smallest absolute Gasteiger partial charge is 0.338 e. The summed E-state index contributed by atoms with van der Waals surface area (Å²) in [7, 11) is 0. The number of amides is 1. The average Bonchev–Trinajstić information content (AvgIpc) is 3.57. The molecular weight excluding hydrogens is 514 g/mol. The third-order valence-corrected chi connectivity index (χ3v) is 6.99. The summed E-state index contributed by atoms with van der Waals surface area (Å²) >= 11 is 1.43. The molecule has 3 heterocycles. The topological polar surface area (TPSA) is 93.4 Å². The standard InChI is InChI=1S/C30H29N3O5S/c1-19(2)37-29(35)27-20(3)32-30-33(22(18-39-30)16-26(34)31-17-25-13-8-14-36-25)28(27)21-9-7-12-24(15-21)38-23-10-5-4-6-11-23/h4-15,18-19,28H,16-17H2,1-3H3,(H,31,34)/t28-/m0/s1. The first-order valence-electron chi connectivity index (χ1n) is 12.7. The number of rotatable bonds is 9. The molecule has 1 atom stereocenters. The zero-order chi connectivity index (χ0) is 27.4. The Morgan fingerprint density at radius 1 is 1.08 bits per heavy atom. The molecule has 0 bridgehead atoms. The number of ether oxygens (including phenoxy) is 2. The number of nitrogens with one attached hydrogen (secondary N) is 1. The molecule has 0 saturated carbocycles. The van der Waals surface area contributed by atoms with Crippen LogP contribution in [0, 0.1) is 0 Å². The number of carbonyl (C=O) groups is 2. The molecule has 2 aliphatic rings. The summed E-state index contributed by atoms with van der Waals surface area (Å²) < 4.78 is 17.1. The summed E-state index contributed by atoms with van der Waals surface area (Å²) in [6.07, 6.45) is 1.38. The largest absolute Gasteiger partial charge is 0.467 e. The van der Waals surface area contributed by atoms with Gasteiger partial charge in [0, 0.05) is 5.70 Å². The fourth-order valence-electron chi connectivity index (χ4n) is 4.42. The number of hydrogen-bond acceptors (Lipinski definition) is 8. The van der Waals surface area contributed by atoms with E-state index in [-0.39, 0.29) is 18.4 Å². The second-order valence-corrected chi connectivity index (χ2v) is 10.2. The Bertz CT molecular complexity index is 1440. The van der Waals surface area contributed by atoms with Crippen LogP contribution < -0.4 is 10.1 Å². The summed E-state index contributed by atoms with van der Waals surface area (Å²) in [6.45, 7) is 5.73. The van der Waals surface area contributed by atoms with Crippen LogP contribution in [-0.4, -0.2) is 28.0 Å². The molecular formula is C30H29N3O5S. The monoisotopic (exact) mass is 543 g/mol. The van der Waals surface area contributed by atoms with Gasteiger partial charge in [-0.15, -0.1) is 0 Å². The van der Waals surface area contributed by atoms with Crippen LogP contribution in [0.4, 0.5) is 0 Å². The maximum absolute atomic E-state index is 13.4. The number of benzene rings is 2. The summed E-state index contributed by atoms with van der Waals surface area (Å²) in [6, 6.07) is 20.2. The van der Waals surface area contributed by atoms with Crippen LogP contribution >= 0.6 is 11.8 Å². The maximum atomic E-state index is 13.4. The number of furan rings is 1. The van der Waals surface area contributed by atoms with Gasteiger partial charge in [0.05, 0.1) is 42.6 Å². The molecule has 200 valence electrons. The van der Waals surface area contributed by atoms with Gasteiger partial charge < -0.3 is 24.1 Å². The normalized spacial score (nSPS) is 16.5. The Morgan fingerprint density at radius 2 is 1.87 bits per heavy atom. The SMILES string of the molecule is CC1=C(C(=O)OC(C)C)[C@H](c2cccc(Oc3ccccc3)c2)N2C(CC(=O)NCc3ccco3)=CSC2=N1. The zero-order valence-corrected chi connectivity index (χ0v) is 22.7. The lowest BCUT2D eigenvalue weighted by Gasteiger charge is -2.36. The Kier molecular flexibility index (Phi) is 7.88. The van der Waals surface area contributed by atoms with Crippen molar-refractivity contribution >= 4 is 28.8 Å². The quantitative estimate of drug-likeness (QED) is 0.316. The highest BCUT2D eigenvalue weighted by molar-refractivity contribution is 8.16. The number of nitrogens with zero attached hydrogens (tertiary/aromatic N) is 2. The molecule has 0 unspecified atom stereocenters. The summed E-state index contributed by atoms with van der Waals surface area (Å²) in [5, 5.41) is 5.50. The van der Waals surface area contributed by atoms with Crippen LogP contribution in [0.1, 0.15) is 44.6 Å². The van der Waals surface area contributed by atoms with E-state index in [0.29, 0.717) is 40.2 Å². The molecule has 1 aromatic heterocycles. The Morgan fingerprint density at radius 3 is 2.62 bits per heavy atom. The Balaban J connectivity index is 1.46. The third kappa shape index (κ3) is 6.09. The number of esters is 1. The van der Waals surface area contributed by atoms with E-state index < -0.39 is 12.0 Å². The molecule has 0 aliphatic carbocycles. The van der Waals surface area contributed by atoms with Crippen molar-refractivity contribution in [1.82, 2.24) is 10.2 Å². The molecule has 1 amide bonds. The van der Waals surface area contributed by atoms with Gasteiger partial charge in [-0.05, 0) is 68.1 Å². The lowest BCUT2D eigenvalue weighted by atomic mass is 9.93. The van der Waals surface area contributed by atoms with Gasteiger partial charge in [-0.2, -0.15) is 0 Å². The molecule has 0 spiro atoms. The van der Waals surface area contributed by atoms with Crippen LogP contribution in [0.5, 0.6) is 11.5 Å². The number of hydrogen-bond donors (Lipinski definition) is 1. The molecule has 3 aromatic rings. The van der Waals surface area contributed by atoms with Crippen molar-refractivity contribution in [3.05, 3.63) is 107 Å². The van der Waals surface area contributed by atoms with Crippen LogP contribution in [0.2, 0.25) is 0 Å². The fraction of sp³-hybridized carbons (Fsp3) is 0.233. The van der Waals surface area contributed by atoms with Crippen molar-refractivity contribution < 1.29 is 23.5 Å². The van der Waals surface area contributed by atoms with E-state index in [1.807, 2.05) is 85.7 Å². The van der Waals surface area contributed by atoms with Crippen LogP contribution in [-0.2, 0) is 20.9 Å². The number of aliphatic imine (C=N–C) groups is 1. The van der Waals surface area contributed by atoms with Gasteiger partial charge >= 0.3 is 5.97 Å². The van der Waals surface area contributed by atoms with E-state index in [1.165, 1.54) is 11.8 Å². The molecule has 2 aromatic carbocycles. The number of amidine groups is 1. The van der Waals surface area contributed by atoms with E-state index >= 15 is 0 Å². The van der Waals surface area contributed by atoms with Crippen LogP contribution in [0.25, 0.3) is 0 Å². The molecule has 2 aliphatic heterocycles. The molecule has 0 saturated heterocycles. The van der Waals surface area contributed by atoms with E-state index in [0.717, 1.165) is 11.3 Å². The first-order chi connectivity index (χ1) is 18.9. The summed E-state index contributed by atoms with van der Waals surface area (Å²) in [5.41, 5.74) is 2.55. The predicted octanol–water partition coefficient (Wildman–Crippen LogP) is 6.30. The number of thioether (sulfide) groups is 1. The molecule has 8 nitrogen and oxygen atoms in total. The summed E-state index contributed by atoms with van der Waals surface area (Å²) in [5.74, 6) is 1.40. The number of para-hydroxylation sites is 1. The first-order valence-corrected chi connectivity index (χ1v) is 13.5. The number of carbonyl (C=O) groups excluding carboxylic acids is 2. The van der Waals surface area contributed by atoms with Gasteiger partial charge in [-0.1, -0.05) is 42.1 Å². The van der Waals surface area contributed by atoms with Gasteiger partial charge in [0.1, 0.15) is 17.3 Å². The van der Waals surface area contributed by atoms with Crippen molar-refractivity contribution in [3.63, 3.8) is 0 Å². The minimum absolute atomic E-state index is 0.106. The third-order valence-electron chi connectivity index (χ3n) is 6.10. The minimum Gasteiger partial charge on any atom is -0.467 e. The van der Waals surface area contributed by atoms with Crippen molar-refractivity contribution in [2.75, 3.05) is 0 Å².